The van der Waals surface area contributed by atoms with E-state index in [9.17, 15) is 0 Å². The van der Waals surface area contributed by atoms with Crippen LogP contribution in [0.25, 0.3) is 0 Å². The average molecular weight is 301 g/mol. The Labute approximate surface area is 131 Å². The van der Waals surface area contributed by atoms with Gasteiger partial charge in [0.25, 0.3) is 0 Å². The first-order valence-corrected chi connectivity index (χ1v) is 8.25. The fourth-order valence-corrected chi connectivity index (χ4v) is 2.70. The highest BCUT2D eigenvalue weighted by atomic mass is 32.2. The first-order valence-electron chi connectivity index (χ1n) is 7.27. The van der Waals surface area contributed by atoms with Crippen molar-refractivity contribution in [1.82, 2.24) is 9.97 Å². The quantitative estimate of drug-likeness (QED) is 0.825. The van der Waals surface area contributed by atoms with Gasteiger partial charge < -0.3 is 5.32 Å². The lowest BCUT2D eigenvalue weighted by Crippen LogP contribution is -2.10. The summed E-state index contributed by atoms with van der Waals surface area (Å²) in [6, 6.07) is 8.79. The van der Waals surface area contributed by atoms with Crippen LogP contribution in [-0.4, -0.2) is 16.5 Å². The van der Waals surface area contributed by atoms with Crippen molar-refractivity contribution in [3.63, 3.8) is 0 Å². The van der Waals surface area contributed by atoms with Gasteiger partial charge in [0.2, 0.25) is 0 Å². The molecule has 21 heavy (non-hydrogen) atoms. The van der Waals surface area contributed by atoms with Gasteiger partial charge in [-0.2, -0.15) is 0 Å². The Kier molecular flexibility index (Phi) is 5.23. The summed E-state index contributed by atoms with van der Waals surface area (Å²) >= 11 is 1.79. The Morgan fingerprint density at radius 3 is 2.29 bits per heavy atom. The van der Waals surface area contributed by atoms with Crippen LogP contribution in [0.15, 0.2) is 41.6 Å². The fourth-order valence-electron chi connectivity index (χ4n) is 1.91. The highest BCUT2D eigenvalue weighted by Crippen LogP contribution is 2.27. The second-order valence-electron chi connectivity index (χ2n) is 5.99. The number of rotatable bonds is 5. The van der Waals surface area contributed by atoms with Crippen LogP contribution >= 0.6 is 11.8 Å². The van der Waals surface area contributed by atoms with E-state index in [4.69, 9.17) is 0 Å². The van der Waals surface area contributed by atoms with Crippen molar-refractivity contribution in [2.75, 3.05) is 11.9 Å². The average Bonchev–Trinajstić information content (AvgIpc) is 2.46. The molecule has 2 aromatic rings. The standard InChI is InChI=1S/C17H23N3S/c1-5-18-16-11-19-14(10-20-16)12-21-15-8-6-13(7-9-15)17(2,3)4/h6-11H,5,12H2,1-4H3,(H,18,20). The first-order chi connectivity index (χ1) is 9.99. The number of anilines is 1. The molecule has 0 atom stereocenters. The SMILES string of the molecule is CCNc1cnc(CSc2ccc(C(C)(C)C)cc2)cn1. The van der Waals surface area contributed by atoms with Crippen molar-refractivity contribution < 1.29 is 0 Å². The summed E-state index contributed by atoms with van der Waals surface area (Å²) in [5.41, 5.74) is 2.57. The van der Waals surface area contributed by atoms with Gasteiger partial charge in [0.15, 0.2) is 0 Å². The van der Waals surface area contributed by atoms with Crippen molar-refractivity contribution in [1.29, 1.82) is 0 Å². The van der Waals surface area contributed by atoms with Crippen LogP contribution in [0.2, 0.25) is 0 Å². The van der Waals surface area contributed by atoms with Gasteiger partial charge >= 0.3 is 0 Å². The molecule has 0 unspecified atom stereocenters. The monoisotopic (exact) mass is 301 g/mol. The molecule has 0 aliphatic rings. The van der Waals surface area contributed by atoms with E-state index in [0.717, 1.165) is 23.8 Å². The van der Waals surface area contributed by atoms with Crippen molar-refractivity contribution in [2.24, 2.45) is 0 Å². The predicted molar refractivity (Wildman–Crippen MR) is 90.9 cm³/mol. The number of nitrogens with one attached hydrogen (secondary N) is 1. The van der Waals surface area contributed by atoms with Crippen molar-refractivity contribution in [3.05, 3.63) is 47.9 Å². The number of nitrogens with zero attached hydrogens (tertiary/aromatic N) is 2. The maximum atomic E-state index is 4.42. The Bertz CT molecular complexity index is 556. The lowest BCUT2D eigenvalue weighted by atomic mass is 9.87. The molecule has 3 nitrogen and oxygen atoms in total. The summed E-state index contributed by atoms with van der Waals surface area (Å²) in [6.07, 6.45) is 3.64. The molecule has 0 bridgehead atoms. The zero-order valence-corrected chi connectivity index (χ0v) is 14.0. The third-order valence-corrected chi connectivity index (χ3v) is 4.22. The van der Waals surface area contributed by atoms with Crippen molar-refractivity contribution >= 4 is 17.6 Å². The first kappa shape index (κ1) is 15.8. The summed E-state index contributed by atoms with van der Waals surface area (Å²) in [6.45, 7) is 9.61. The minimum absolute atomic E-state index is 0.205. The van der Waals surface area contributed by atoms with Gasteiger partial charge in [0.1, 0.15) is 5.82 Å². The van der Waals surface area contributed by atoms with Gasteiger partial charge in [-0.05, 0) is 30.0 Å². The second kappa shape index (κ2) is 6.94. The molecule has 1 N–H and O–H groups in total. The minimum atomic E-state index is 0.205. The highest BCUT2D eigenvalue weighted by Gasteiger charge is 2.12. The molecular weight excluding hydrogens is 278 g/mol. The van der Waals surface area contributed by atoms with Gasteiger partial charge in [0, 0.05) is 17.2 Å². The molecule has 0 saturated heterocycles. The molecule has 1 aromatic carbocycles. The number of hydrogen-bond donors (Lipinski definition) is 1. The molecule has 4 heteroatoms. The Balaban J connectivity index is 1.93. The molecule has 1 heterocycles. The predicted octanol–water partition coefficient (Wildman–Crippen LogP) is 4.50. The van der Waals surface area contributed by atoms with Gasteiger partial charge in [-0.25, -0.2) is 4.98 Å². The second-order valence-corrected chi connectivity index (χ2v) is 7.04. The lowest BCUT2D eigenvalue weighted by molar-refractivity contribution is 0.590. The number of aromatic nitrogens is 2. The Morgan fingerprint density at radius 2 is 1.76 bits per heavy atom. The van der Waals surface area contributed by atoms with E-state index < -0.39 is 0 Å². The zero-order chi connectivity index (χ0) is 15.3. The summed E-state index contributed by atoms with van der Waals surface area (Å²) in [5, 5.41) is 3.15. The molecule has 0 aliphatic heterocycles. The summed E-state index contributed by atoms with van der Waals surface area (Å²) in [5.74, 6) is 1.68. The van der Waals surface area contributed by atoms with Crippen LogP contribution < -0.4 is 5.32 Å². The molecule has 0 amide bonds. The summed E-state index contributed by atoms with van der Waals surface area (Å²) in [4.78, 5) is 10.0. The van der Waals surface area contributed by atoms with Gasteiger partial charge in [-0.1, -0.05) is 32.9 Å². The van der Waals surface area contributed by atoms with Crippen LogP contribution in [0.3, 0.4) is 0 Å². The number of thioether (sulfide) groups is 1. The van der Waals surface area contributed by atoms with Crippen LogP contribution in [0, 0.1) is 0 Å². The van der Waals surface area contributed by atoms with E-state index in [1.54, 1.807) is 18.0 Å². The van der Waals surface area contributed by atoms with E-state index >= 15 is 0 Å². The third-order valence-electron chi connectivity index (χ3n) is 3.17. The largest absolute Gasteiger partial charge is 0.369 e. The zero-order valence-electron chi connectivity index (χ0n) is 13.2. The van der Waals surface area contributed by atoms with Gasteiger partial charge in [0.05, 0.1) is 18.1 Å². The number of hydrogen-bond acceptors (Lipinski definition) is 4. The molecule has 0 radical (unpaired) electrons. The van der Waals surface area contributed by atoms with E-state index in [2.05, 4.69) is 60.3 Å². The normalized spacial score (nSPS) is 11.4. The fraction of sp³-hybridized carbons (Fsp3) is 0.412. The lowest BCUT2D eigenvalue weighted by Gasteiger charge is -2.19. The van der Waals surface area contributed by atoms with E-state index in [1.165, 1.54) is 10.5 Å². The van der Waals surface area contributed by atoms with Crippen molar-refractivity contribution in [3.8, 4) is 0 Å². The number of benzene rings is 1. The van der Waals surface area contributed by atoms with Crippen molar-refractivity contribution in [2.45, 2.75) is 43.8 Å². The molecule has 0 aliphatic carbocycles. The summed E-state index contributed by atoms with van der Waals surface area (Å²) in [7, 11) is 0. The third kappa shape index (κ3) is 4.74. The molecule has 1 aromatic heterocycles. The van der Waals surface area contributed by atoms with Crippen LogP contribution in [0.1, 0.15) is 39.0 Å². The molecule has 112 valence electrons. The van der Waals surface area contributed by atoms with Gasteiger partial charge in [-0.3, -0.25) is 4.98 Å². The molecule has 0 spiro atoms. The molecular formula is C17H23N3S. The molecule has 0 fully saturated rings. The highest BCUT2D eigenvalue weighted by molar-refractivity contribution is 7.98. The topological polar surface area (TPSA) is 37.8 Å². The maximum absolute atomic E-state index is 4.42. The summed E-state index contributed by atoms with van der Waals surface area (Å²) < 4.78 is 0. The molecule has 0 saturated carbocycles. The van der Waals surface area contributed by atoms with Gasteiger partial charge in [-0.15, -0.1) is 11.8 Å². The van der Waals surface area contributed by atoms with E-state index in [-0.39, 0.29) is 5.41 Å². The van der Waals surface area contributed by atoms with Crippen LogP contribution in [0.4, 0.5) is 5.82 Å². The Hall–Kier alpha value is -1.55. The maximum Gasteiger partial charge on any atom is 0.144 e. The van der Waals surface area contributed by atoms with E-state index in [1.807, 2.05) is 13.1 Å². The van der Waals surface area contributed by atoms with E-state index in [0.29, 0.717) is 0 Å². The Morgan fingerprint density at radius 1 is 1.05 bits per heavy atom. The minimum Gasteiger partial charge on any atom is -0.369 e. The molecule has 2 rings (SSSR count). The van der Waals surface area contributed by atoms with Crippen LogP contribution in [0.5, 0.6) is 0 Å². The smallest absolute Gasteiger partial charge is 0.144 e. The van der Waals surface area contributed by atoms with Crippen LogP contribution in [-0.2, 0) is 11.2 Å².